The summed E-state index contributed by atoms with van der Waals surface area (Å²) in [7, 11) is 0. The van der Waals surface area contributed by atoms with Crippen molar-refractivity contribution < 1.29 is 14.2 Å². The molecule has 6 rings (SSSR count). The Labute approximate surface area is 170 Å². The van der Waals surface area contributed by atoms with E-state index in [1.165, 1.54) is 6.07 Å². The highest BCUT2D eigenvalue weighted by Gasteiger charge is 2.49. The van der Waals surface area contributed by atoms with Crippen molar-refractivity contribution in [3.63, 3.8) is 0 Å². The van der Waals surface area contributed by atoms with E-state index in [0.717, 1.165) is 23.3 Å². The topological polar surface area (TPSA) is 97.5 Å². The number of nitrogens with zero attached hydrogens (tertiary/aromatic N) is 5. The minimum atomic E-state index is -0.253. The van der Waals surface area contributed by atoms with Gasteiger partial charge < -0.3 is 15.2 Å². The number of ether oxygens (including phenoxy) is 1. The van der Waals surface area contributed by atoms with Gasteiger partial charge in [0, 0.05) is 47.1 Å². The van der Waals surface area contributed by atoms with E-state index in [-0.39, 0.29) is 25.1 Å². The van der Waals surface area contributed by atoms with Gasteiger partial charge in [-0.3, -0.25) is 9.38 Å². The first kappa shape index (κ1) is 17.3. The molecular formula is C21H17FN6O2. The van der Waals surface area contributed by atoms with Gasteiger partial charge in [0.15, 0.2) is 5.65 Å². The average molecular weight is 404 g/mol. The Balaban J connectivity index is 1.36. The molecule has 0 radical (unpaired) electrons. The molecule has 1 aliphatic heterocycles. The van der Waals surface area contributed by atoms with E-state index >= 15 is 0 Å². The molecule has 1 unspecified atom stereocenters. The predicted molar refractivity (Wildman–Crippen MR) is 105 cm³/mol. The first-order valence-electron chi connectivity index (χ1n) is 9.70. The minimum absolute atomic E-state index is 0.195. The monoisotopic (exact) mass is 404 g/mol. The van der Waals surface area contributed by atoms with Crippen molar-refractivity contribution in [2.45, 2.75) is 31.6 Å². The van der Waals surface area contributed by atoms with Gasteiger partial charge in [0.05, 0.1) is 12.3 Å². The molecule has 2 N–H and O–H groups in total. The molecule has 2 atom stereocenters. The third-order valence-corrected chi connectivity index (χ3v) is 5.73. The van der Waals surface area contributed by atoms with Crippen molar-refractivity contribution in [1.82, 2.24) is 24.6 Å². The molecule has 30 heavy (non-hydrogen) atoms. The Morgan fingerprint density at radius 2 is 2.17 bits per heavy atom. The van der Waals surface area contributed by atoms with Gasteiger partial charge >= 0.3 is 0 Å². The van der Waals surface area contributed by atoms with Gasteiger partial charge in [0.1, 0.15) is 24.0 Å². The summed E-state index contributed by atoms with van der Waals surface area (Å²) >= 11 is 0. The van der Waals surface area contributed by atoms with Crippen molar-refractivity contribution >= 4 is 11.6 Å². The van der Waals surface area contributed by atoms with Gasteiger partial charge in [-0.1, -0.05) is 6.07 Å². The van der Waals surface area contributed by atoms with Crippen LogP contribution in [0.3, 0.4) is 0 Å². The maximum Gasteiger partial charge on any atom is 0.210 e. The summed E-state index contributed by atoms with van der Waals surface area (Å²) in [6, 6.07) is 6.80. The summed E-state index contributed by atoms with van der Waals surface area (Å²) in [5.41, 5.74) is 4.12. The number of hydrogen-bond donors (Lipinski definition) is 2. The molecular weight excluding hydrogens is 387 g/mol. The number of halogens is 1. The zero-order valence-electron chi connectivity index (χ0n) is 15.8. The number of pyridine rings is 1. The molecule has 0 amide bonds. The second-order valence-electron chi connectivity index (χ2n) is 7.47. The lowest BCUT2D eigenvalue weighted by Crippen LogP contribution is -2.10. The highest BCUT2D eigenvalue weighted by Crippen LogP contribution is 2.55. The molecule has 8 nitrogen and oxygen atoms in total. The number of fused-ring (bicyclic) bond motifs is 4. The fourth-order valence-electron chi connectivity index (χ4n) is 4.19. The summed E-state index contributed by atoms with van der Waals surface area (Å²) in [6.07, 6.45) is 5.98. The van der Waals surface area contributed by atoms with Gasteiger partial charge in [-0.2, -0.15) is 0 Å². The first-order valence-corrected chi connectivity index (χ1v) is 9.70. The second-order valence-corrected chi connectivity index (χ2v) is 7.47. The highest BCUT2D eigenvalue weighted by atomic mass is 19.1. The Hall–Kier alpha value is -3.59. The van der Waals surface area contributed by atoms with E-state index in [1.54, 1.807) is 35.3 Å². The van der Waals surface area contributed by atoms with E-state index in [1.807, 2.05) is 6.07 Å². The smallest absolute Gasteiger partial charge is 0.210 e. The van der Waals surface area contributed by atoms with Gasteiger partial charge in [-0.05, 0) is 24.6 Å². The average Bonchev–Trinajstić information content (AvgIpc) is 3.19. The fraction of sp³-hybridized carbons (Fsp3) is 0.238. The lowest BCUT2D eigenvalue weighted by Gasteiger charge is -2.14. The quantitative estimate of drug-likeness (QED) is 0.528. The van der Waals surface area contributed by atoms with Crippen molar-refractivity contribution in [1.29, 1.82) is 0 Å². The largest absolute Gasteiger partial charge is 0.489 e. The second kappa shape index (κ2) is 6.46. The maximum atomic E-state index is 14.6. The molecule has 0 saturated heterocycles. The number of hydrogen-bond acceptors (Lipinski definition) is 7. The van der Waals surface area contributed by atoms with E-state index in [4.69, 9.17) is 4.74 Å². The molecule has 1 aliphatic carbocycles. The van der Waals surface area contributed by atoms with Gasteiger partial charge in [-0.25, -0.2) is 9.37 Å². The lowest BCUT2D eigenvalue weighted by atomic mass is 10.0. The van der Waals surface area contributed by atoms with E-state index in [2.05, 4.69) is 25.5 Å². The Kier molecular flexibility index (Phi) is 3.72. The Bertz CT molecular complexity index is 1290. The van der Waals surface area contributed by atoms with Crippen molar-refractivity contribution in [2.75, 3.05) is 5.32 Å². The molecule has 4 aromatic rings. The van der Waals surface area contributed by atoms with Crippen LogP contribution in [0, 0.1) is 5.82 Å². The fourth-order valence-corrected chi connectivity index (χ4v) is 4.19. The summed E-state index contributed by atoms with van der Waals surface area (Å²) in [4.78, 5) is 8.72. The lowest BCUT2D eigenvalue weighted by molar-refractivity contribution is 0.277. The SMILES string of the molecule is OCc1ncccc1-c1cnc(NCc2c(F)ccc3c2[C@H]2CC2O3)n2cnnc12. The van der Waals surface area contributed by atoms with E-state index in [9.17, 15) is 9.50 Å². The summed E-state index contributed by atoms with van der Waals surface area (Å²) in [5.74, 6) is 1.31. The number of aromatic nitrogens is 5. The standard InChI is InChI=1S/C21H17FN6O2/c22-15-3-4-17-19(12-6-18(12)30-17)14(15)8-25-21-24-7-13(20-27-26-10-28(20)21)11-2-1-5-23-16(11)9-29/h1-5,7,10,12,18,29H,6,8-9H2,(H,24,25)/t12-,18?/m0/s1. The van der Waals surface area contributed by atoms with Crippen LogP contribution in [-0.2, 0) is 13.2 Å². The third kappa shape index (κ3) is 2.55. The summed E-state index contributed by atoms with van der Waals surface area (Å²) in [6.45, 7) is 0.0785. The van der Waals surface area contributed by atoms with E-state index in [0.29, 0.717) is 34.3 Å². The highest BCUT2D eigenvalue weighted by molar-refractivity contribution is 5.78. The summed E-state index contributed by atoms with van der Waals surface area (Å²) < 4.78 is 22.1. The van der Waals surface area contributed by atoms with Gasteiger partial charge in [0.25, 0.3) is 0 Å². The molecule has 3 aromatic heterocycles. The Morgan fingerprint density at radius 1 is 1.23 bits per heavy atom. The van der Waals surface area contributed by atoms with Crippen LogP contribution in [0.2, 0.25) is 0 Å². The molecule has 2 aliphatic rings. The molecule has 0 bridgehead atoms. The van der Waals surface area contributed by atoms with Crippen LogP contribution in [0.1, 0.15) is 29.2 Å². The predicted octanol–water partition coefficient (Wildman–Crippen LogP) is 2.68. The van der Waals surface area contributed by atoms with Crippen LogP contribution in [0.15, 0.2) is 43.0 Å². The number of aliphatic hydroxyl groups excluding tert-OH is 1. The Morgan fingerprint density at radius 3 is 3.07 bits per heavy atom. The van der Waals surface area contributed by atoms with E-state index < -0.39 is 0 Å². The third-order valence-electron chi connectivity index (χ3n) is 5.73. The van der Waals surface area contributed by atoms with Crippen LogP contribution in [-0.4, -0.2) is 35.8 Å². The van der Waals surface area contributed by atoms with Crippen LogP contribution < -0.4 is 10.1 Å². The molecule has 150 valence electrons. The van der Waals surface area contributed by atoms with Crippen LogP contribution in [0.4, 0.5) is 10.3 Å². The van der Waals surface area contributed by atoms with Crippen molar-refractivity contribution in [3.05, 3.63) is 65.6 Å². The van der Waals surface area contributed by atoms with Crippen molar-refractivity contribution in [3.8, 4) is 16.9 Å². The van der Waals surface area contributed by atoms with Crippen LogP contribution in [0.25, 0.3) is 16.8 Å². The summed E-state index contributed by atoms with van der Waals surface area (Å²) in [5, 5.41) is 21.0. The number of benzene rings is 1. The normalized spacial score (nSPS) is 18.7. The number of rotatable bonds is 5. The minimum Gasteiger partial charge on any atom is -0.489 e. The zero-order chi connectivity index (χ0) is 20.2. The number of nitrogens with one attached hydrogen (secondary N) is 1. The van der Waals surface area contributed by atoms with Gasteiger partial charge in [0.2, 0.25) is 5.95 Å². The molecule has 1 aromatic carbocycles. The zero-order valence-corrected chi connectivity index (χ0v) is 15.8. The molecule has 0 spiro atoms. The number of anilines is 1. The van der Waals surface area contributed by atoms with Crippen molar-refractivity contribution in [2.24, 2.45) is 0 Å². The molecule has 9 heteroatoms. The maximum absolute atomic E-state index is 14.6. The number of aliphatic hydroxyl groups is 1. The molecule has 1 saturated carbocycles. The molecule has 1 fully saturated rings. The van der Waals surface area contributed by atoms with Gasteiger partial charge in [-0.15, -0.1) is 10.2 Å². The van der Waals surface area contributed by atoms with Crippen LogP contribution >= 0.6 is 0 Å². The first-order chi connectivity index (χ1) is 14.7. The molecule has 4 heterocycles. The van der Waals surface area contributed by atoms with Crippen LogP contribution in [0.5, 0.6) is 5.75 Å².